The normalized spacial score (nSPS) is 17.5. The van der Waals surface area contributed by atoms with Gasteiger partial charge in [0.15, 0.2) is 5.13 Å². The molecule has 0 aliphatic carbocycles. The Morgan fingerprint density at radius 3 is 2.69 bits per heavy atom. The Kier molecular flexibility index (Phi) is 5.89. The molecule has 9 heteroatoms. The molecule has 1 spiro atoms. The lowest BCUT2D eigenvalue weighted by Gasteiger charge is -2.49. The van der Waals surface area contributed by atoms with Crippen molar-refractivity contribution in [1.82, 2.24) is 24.4 Å². The van der Waals surface area contributed by atoms with Crippen LogP contribution in [-0.4, -0.2) is 45.3 Å². The van der Waals surface area contributed by atoms with Crippen LogP contribution in [0.4, 0.5) is 11.4 Å². The second kappa shape index (κ2) is 9.22. The van der Waals surface area contributed by atoms with Crippen LogP contribution < -0.4 is 21.2 Å². The van der Waals surface area contributed by atoms with E-state index in [1.165, 1.54) is 29.9 Å². The molecule has 8 nitrogen and oxygen atoms in total. The Balaban J connectivity index is 1.29. The first-order valence-corrected chi connectivity index (χ1v) is 13.5. The molecule has 0 bridgehead atoms. The van der Waals surface area contributed by atoms with Gasteiger partial charge in [-0.2, -0.15) is 0 Å². The molecule has 2 saturated heterocycles. The molecule has 1 aromatic carbocycles. The summed E-state index contributed by atoms with van der Waals surface area (Å²) in [5.41, 5.74) is 6.07. The SMILES string of the molecule is CC/C=C(/Nc1cnccc1N1CCC2(CC1)CNC2)c1csc(-n2c(=O)n(C)c3ccccc32)n1. The minimum absolute atomic E-state index is 0.0924. The predicted octanol–water partition coefficient (Wildman–Crippen LogP) is 4.23. The average Bonchev–Trinajstić information content (AvgIpc) is 3.46. The van der Waals surface area contributed by atoms with Crippen LogP contribution in [0.5, 0.6) is 0 Å². The lowest BCUT2D eigenvalue weighted by molar-refractivity contribution is 0.126. The first kappa shape index (κ1) is 23.0. The summed E-state index contributed by atoms with van der Waals surface area (Å²) in [6.07, 6.45) is 9.21. The number of rotatable bonds is 6. The molecule has 0 saturated carbocycles. The van der Waals surface area contributed by atoms with Gasteiger partial charge >= 0.3 is 5.69 Å². The van der Waals surface area contributed by atoms with Gasteiger partial charge < -0.3 is 15.5 Å². The molecule has 186 valence electrons. The summed E-state index contributed by atoms with van der Waals surface area (Å²) in [6, 6.07) is 9.92. The minimum atomic E-state index is -0.0924. The number of nitrogens with zero attached hydrogens (tertiary/aromatic N) is 5. The van der Waals surface area contributed by atoms with Crippen LogP contribution in [0.1, 0.15) is 31.9 Å². The maximum absolute atomic E-state index is 13.0. The number of pyridine rings is 1. The van der Waals surface area contributed by atoms with Crippen molar-refractivity contribution < 1.29 is 0 Å². The summed E-state index contributed by atoms with van der Waals surface area (Å²) in [6.45, 7) is 6.52. The Morgan fingerprint density at radius 1 is 1.19 bits per heavy atom. The van der Waals surface area contributed by atoms with E-state index >= 15 is 0 Å². The van der Waals surface area contributed by atoms with Gasteiger partial charge in [0.1, 0.15) is 0 Å². The highest BCUT2D eigenvalue weighted by molar-refractivity contribution is 7.12. The lowest BCUT2D eigenvalue weighted by Crippen LogP contribution is -2.58. The van der Waals surface area contributed by atoms with Crippen molar-refractivity contribution in [2.45, 2.75) is 26.2 Å². The number of piperidine rings is 1. The first-order chi connectivity index (χ1) is 17.6. The summed E-state index contributed by atoms with van der Waals surface area (Å²) in [5, 5.41) is 9.76. The highest BCUT2D eigenvalue weighted by Crippen LogP contribution is 2.38. The van der Waals surface area contributed by atoms with Crippen molar-refractivity contribution in [3.63, 3.8) is 0 Å². The van der Waals surface area contributed by atoms with E-state index in [1.807, 2.05) is 42.0 Å². The number of nitrogens with one attached hydrogen (secondary N) is 2. The van der Waals surface area contributed by atoms with Crippen LogP contribution in [0.25, 0.3) is 21.9 Å². The third-order valence-corrected chi connectivity index (χ3v) is 8.39. The van der Waals surface area contributed by atoms with Gasteiger partial charge in [-0.15, -0.1) is 11.3 Å². The van der Waals surface area contributed by atoms with Crippen molar-refractivity contribution in [1.29, 1.82) is 0 Å². The van der Waals surface area contributed by atoms with E-state index in [0.29, 0.717) is 10.5 Å². The van der Waals surface area contributed by atoms with E-state index in [9.17, 15) is 4.79 Å². The van der Waals surface area contributed by atoms with Gasteiger partial charge in [0.2, 0.25) is 0 Å². The minimum Gasteiger partial charge on any atom is -0.370 e. The molecule has 2 N–H and O–H groups in total. The van der Waals surface area contributed by atoms with Crippen LogP contribution in [0.2, 0.25) is 0 Å². The van der Waals surface area contributed by atoms with Crippen LogP contribution >= 0.6 is 11.3 Å². The molecule has 3 aromatic heterocycles. The van der Waals surface area contributed by atoms with Crippen LogP contribution in [-0.2, 0) is 7.05 Å². The van der Waals surface area contributed by atoms with Gasteiger partial charge in [-0.3, -0.25) is 9.55 Å². The number of aryl methyl sites for hydroxylation is 1. The zero-order chi connectivity index (χ0) is 24.7. The van der Waals surface area contributed by atoms with E-state index in [1.54, 1.807) is 16.2 Å². The maximum atomic E-state index is 13.0. The van der Waals surface area contributed by atoms with Gasteiger partial charge in [-0.05, 0) is 42.9 Å². The molecule has 2 aliphatic rings. The largest absolute Gasteiger partial charge is 0.370 e. The fourth-order valence-corrected chi connectivity index (χ4v) is 6.18. The van der Waals surface area contributed by atoms with Gasteiger partial charge in [-0.25, -0.2) is 14.3 Å². The summed E-state index contributed by atoms with van der Waals surface area (Å²) >= 11 is 1.48. The van der Waals surface area contributed by atoms with Crippen molar-refractivity contribution in [2.24, 2.45) is 12.5 Å². The molecular weight excluding hydrogens is 470 g/mol. The number of aromatic nitrogens is 4. The molecule has 0 unspecified atom stereocenters. The summed E-state index contributed by atoms with van der Waals surface area (Å²) < 4.78 is 3.36. The third kappa shape index (κ3) is 3.92. The molecule has 6 rings (SSSR count). The van der Waals surface area contributed by atoms with Gasteiger partial charge in [-0.1, -0.05) is 25.1 Å². The molecule has 4 aromatic rings. The second-order valence-electron chi connectivity index (χ2n) is 9.82. The molecule has 0 radical (unpaired) electrons. The number of thiazole rings is 1. The number of allylic oxidation sites excluding steroid dienone is 1. The summed E-state index contributed by atoms with van der Waals surface area (Å²) in [4.78, 5) is 24.8. The van der Waals surface area contributed by atoms with Gasteiger partial charge in [0.05, 0.1) is 40.0 Å². The zero-order valence-corrected chi connectivity index (χ0v) is 21.5. The van der Waals surface area contributed by atoms with E-state index in [0.717, 1.165) is 60.7 Å². The third-order valence-electron chi connectivity index (χ3n) is 7.56. The number of anilines is 2. The molecule has 0 amide bonds. The topological polar surface area (TPSA) is 80.0 Å². The van der Waals surface area contributed by atoms with E-state index in [4.69, 9.17) is 4.98 Å². The number of imidazole rings is 1. The van der Waals surface area contributed by atoms with Crippen molar-refractivity contribution >= 4 is 39.4 Å². The highest BCUT2D eigenvalue weighted by Gasteiger charge is 2.39. The molecular formula is C27H31N7OS. The monoisotopic (exact) mass is 501 g/mol. The number of hydrogen-bond donors (Lipinski definition) is 2. The molecule has 0 atom stereocenters. The number of para-hydroxylation sites is 2. The van der Waals surface area contributed by atoms with E-state index in [2.05, 4.69) is 39.6 Å². The van der Waals surface area contributed by atoms with Crippen molar-refractivity contribution in [3.8, 4) is 5.13 Å². The van der Waals surface area contributed by atoms with E-state index in [-0.39, 0.29) is 5.69 Å². The molecule has 2 aliphatic heterocycles. The lowest BCUT2D eigenvalue weighted by atomic mass is 9.73. The van der Waals surface area contributed by atoms with Crippen LogP contribution in [0.3, 0.4) is 0 Å². The van der Waals surface area contributed by atoms with Gasteiger partial charge in [0, 0.05) is 44.8 Å². The number of hydrogen-bond acceptors (Lipinski definition) is 7. The second-order valence-corrected chi connectivity index (χ2v) is 10.7. The molecule has 5 heterocycles. The van der Waals surface area contributed by atoms with Gasteiger partial charge in [0.25, 0.3) is 0 Å². The quantitative estimate of drug-likeness (QED) is 0.412. The van der Waals surface area contributed by atoms with E-state index < -0.39 is 0 Å². The zero-order valence-electron chi connectivity index (χ0n) is 20.7. The smallest absolute Gasteiger partial charge is 0.335 e. The summed E-state index contributed by atoms with van der Waals surface area (Å²) in [7, 11) is 1.80. The van der Waals surface area contributed by atoms with Crippen molar-refractivity contribution in [3.05, 3.63) is 70.4 Å². The fraction of sp³-hybridized carbons (Fsp3) is 0.370. The average molecular weight is 502 g/mol. The Bertz CT molecular complexity index is 1480. The maximum Gasteiger partial charge on any atom is 0.335 e. The summed E-state index contributed by atoms with van der Waals surface area (Å²) in [5.74, 6) is 0. The Hall–Kier alpha value is -3.43. The van der Waals surface area contributed by atoms with Crippen molar-refractivity contribution in [2.75, 3.05) is 36.4 Å². The first-order valence-electron chi connectivity index (χ1n) is 12.6. The Labute approximate surface area is 214 Å². The molecule has 36 heavy (non-hydrogen) atoms. The van der Waals surface area contributed by atoms with Crippen LogP contribution in [0.15, 0.2) is 59.0 Å². The Morgan fingerprint density at radius 2 is 1.97 bits per heavy atom. The number of fused-ring (bicyclic) bond motifs is 1. The standard InChI is InChI=1S/C27H31N7OS/c1-3-6-19(21-16-36-25(31-21)34-24-8-5-4-7-23(24)32(2)26(34)35)30-20-15-28-12-9-22(20)33-13-10-27(11-14-33)17-29-18-27/h4-9,12,15-16,29-30H,3,10-11,13-14,17-18H2,1-2H3/b19-6+. The fourth-order valence-electron chi connectivity index (χ4n) is 5.35. The highest BCUT2D eigenvalue weighted by atomic mass is 32.1. The predicted molar refractivity (Wildman–Crippen MR) is 147 cm³/mol. The molecule has 2 fully saturated rings. The van der Waals surface area contributed by atoms with Crippen LogP contribution in [0, 0.1) is 5.41 Å². The number of benzene rings is 1.